The Balaban J connectivity index is 2.36. The van der Waals surface area contributed by atoms with Gasteiger partial charge >= 0.3 is 0 Å². The molecule has 13 heavy (non-hydrogen) atoms. The van der Waals surface area contributed by atoms with Crippen LogP contribution >= 0.6 is 27.7 Å². The molecular formula is C10H12BrNS. The van der Waals surface area contributed by atoms with E-state index in [0.717, 1.165) is 17.3 Å². The van der Waals surface area contributed by atoms with Gasteiger partial charge in [-0.3, -0.25) is 0 Å². The van der Waals surface area contributed by atoms with E-state index in [0.29, 0.717) is 0 Å². The van der Waals surface area contributed by atoms with Gasteiger partial charge in [0.2, 0.25) is 0 Å². The number of benzene rings is 1. The first-order valence-electron chi connectivity index (χ1n) is 4.29. The summed E-state index contributed by atoms with van der Waals surface area (Å²) in [5, 5.41) is 0. The predicted molar refractivity (Wildman–Crippen MR) is 61.0 cm³/mol. The molecule has 1 fully saturated rings. The number of rotatable bonds is 2. The van der Waals surface area contributed by atoms with Crippen LogP contribution in [0.25, 0.3) is 0 Å². The van der Waals surface area contributed by atoms with Crippen molar-refractivity contribution in [1.29, 1.82) is 0 Å². The third-order valence-corrected chi connectivity index (χ3v) is 4.23. The van der Waals surface area contributed by atoms with Crippen molar-refractivity contribution >= 4 is 27.7 Å². The topological polar surface area (TPSA) is 26.0 Å². The highest BCUT2D eigenvalue weighted by Crippen LogP contribution is 2.44. The van der Waals surface area contributed by atoms with Crippen molar-refractivity contribution in [3.8, 4) is 0 Å². The summed E-state index contributed by atoms with van der Waals surface area (Å²) in [4.78, 5) is 1.27. The molecular weight excluding hydrogens is 246 g/mol. The van der Waals surface area contributed by atoms with Crippen molar-refractivity contribution in [2.75, 3.05) is 6.26 Å². The fourth-order valence-corrected chi connectivity index (χ4v) is 2.72. The Morgan fingerprint density at radius 3 is 2.62 bits per heavy atom. The van der Waals surface area contributed by atoms with E-state index < -0.39 is 0 Å². The highest BCUT2D eigenvalue weighted by molar-refractivity contribution is 9.10. The minimum absolute atomic E-state index is 0.0144. The van der Waals surface area contributed by atoms with Crippen molar-refractivity contribution in [2.45, 2.75) is 23.3 Å². The summed E-state index contributed by atoms with van der Waals surface area (Å²) in [7, 11) is 0. The first kappa shape index (κ1) is 9.56. The second-order valence-electron chi connectivity index (χ2n) is 3.51. The van der Waals surface area contributed by atoms with Gasteiger partial charge in [0.05, 0.1) is 0 Å². The molecule has 0 radical (unpaired) electrons. The smallest absolute Gasteiger partial charge is 0.0411 e. The summed E-state index contributed by atoms with van der Waals surface area (Å²) >= 11 is 5.30. The van der Waals surface area contributed by atoms with Gasteiger partial charge in [0.1, 0.15) is 0 Å². The average Bonchev–Trinajstić information content (AvgIpc) is 2.85. The molecule has 1 aromatic rings. The first-order chi connectivity index (χ1) is 6.15. The molecule has 1 nitrogen and oxygen atoms in total. The van der Waals surface area contributed by atoms with Crippen LogP contribution in [0.1, 0.15) is 18.4 Å². The van der Waals surface area contributed by atoms with Gasteiger partial charge in [-0.25, -0.2) is 0 Å². The lowest BCUT2D eigenvalue weighted by molar-refractivity contribution is 0.738. The van der Waals surface area contributed by atoms with E-state index in [2.05, 4.69) is 40.4 Å². The molecule has 0 aromatic heterocycles. The lowest BCUT2D eigenvalue weighted by atomic mass is 10.1. The van der Waals surface area contributed by atoms with Crippen LogP contribution in [0.2, 0.25) is 0 Å². The average molecular weight is 258 g/mol. The van der Waals surface area contributed by atoms with Crippen LogP contribution in [0, 0.1) is 0 Å². The zero-order valence-corrected chi connectivity index (χ0v) is 9.91. The Morgan fingerprint density at radius 1 is 1.46 bits per heavy atom. The Labute approximate surface area is 91.2 Å². The Morgan fingerprint density at radius 2 is 2.15 bits per heavy atom. The summed E-state index contributed by atoms with van der Waals surface area (Å²) in [6.45, 7) is 0. The first-order valence-corrected chi connectivity index (χ1v) is 6.30. The van der Waals surface area contributed by atoms with Crippen molar-refractivity contribution in [3.05, 3.63) is 28.2 Å². The van der Waals surface area contributed by atoms with Crippen LogP contribution in [-0.2, 0) is 5.54 Å². The quantitative estimate of drug-likeness (QED) is 0.825. The van der Waals surface area contributed by atoms with E-state index in [1.807, 2.05) is 0 Å². The summed E-state index contributed by atoms with van der Waals surface area (Å²) in [6.07, 6.45) is 4.32. The summed E-state index contributed by atoms with van der Waals surface area (Å²) < 4.78 is 1.16. The molecule has 0 amide bonds. The van der Waals surface area contributed by atoms with Crippen LogP contribution in [0.15, 0.2) is 27.6 Å². The van der Waals surface area contributed by atoms with E-state index in [4.69, 9.17) is 5.73 Å². The molecule has 0 saturated heterocycles. The van der Waals surface area contributed by atoms with E-state index in [1.54, 1.807) is 11.8 Å². The molecule has 3 heteroatoms. The molecule has 0 aliphatic heterocycles. The third kappa shape index (κ3) is 1.78. The van der Waals surface area contributed by atoms with Crippen molar-refractivity contribution in [1.82, 2.24) is 0 Å². The van der Waals surface area contributed by atoms with Gasteiger partial charge < -0.3 is 5.73 Å². The fourth-order valence-electron chi connectivity index (χ4n) is 1.40. The normalized spacial score (nSPS) is 18.7. The molecule has 70 valence electrons. The summed E-state index contributed by atoms with van der Waals surface area (Å²) in [5.74, 6) is 0. The molecule has 0 unspecified atom stereocenters. The summed E-state index contributed by atoms with van der Waals surface area (Å²) in [6, 6.07) is 6.43. The molecule has 0 heterocycles. The van der Waals surface area contributed by atoms with Crippen LogP contribution in [0.3, 0.4) is 0 Å². The molecule has 1 aliphatic rings. The van der Waals surface area contributed by atoms with Crippen molar-refractivity contribution in [3.63, 3.8) is 0 Å². The van der Waals surface area contributed by atoms with Crippen LogP contribution < -0.4 is 5.73 Å². The highest BCUT2D eigenvalue weighted by Gasteiger charge is 2.39. The minimum atomic E-state index is -0.0144. The molecule has 2 N–H and O–H groups in total. The lowest BCUT2D eigenvalue weighted by Gasteiger charge is -2.10. The Bertz CT molecular complexity index is 334. The molecule has 1 aromatic carbocycles. The lowest BCUT2D eigenvalue weighted by Crippen LogP contribution is -2.18. The maximum absolute atomic E-state index is 6.10. The number of halogens is 1. The van der Waals surface area contributed by atoms with Gasteiger partial charge in [-0.2, -0.15) is 0 Å². The number of hydrogen-bond acceptors (Lipinski definition) is 2. The standard InChI is InChI=1S/C10H12BrNS/c1-13-9-3-2-7(6-8(9)11)10(12)4-5-10/h2-3,6H,4-5,12H2,1H3. The summed E-state index contributed by atoms with van der Waals surface area (Å²) in [5.41, 5.74) is 7.35. The second kappa shape index (κ2) is 3.30. The van der Waals surface area contributed by atoms with Crippen LogP contribution in [0.4, 0.5) is 0 Å². The third-order valence-electron chi connectivity index (χ3n) is 2.52. The van der Waals surface area contributed by atoms with Gasteiger partial charge in [-0.15, -0.1) is 11.8 Å². The predicted octanol–water partition coefficient (Wildman–Crippen LogP) is 3.12. The Kier molecular flexibility index (Phi) is 2.43. The van der Waals surface area contributed by atoms with E-state index >= 15 is 0 Å². The number of hydrogen-bond donors (Lipinski definition) is 1. The molecule has 0 bridgehead atoms. The Hall–Kier alpha value is 0.01000. The molecule has 1 aliphatic carbocycles. The molecule has 0 atom stereocenters. The van der Waals surface area contributed by atoms with Gasteiger partial charge in [0.15, 0.2) is 0 Å². The van der Waals surface area contributed by atoms with E-state index in [-0.39, 0.29) is 5.54 Å². The molecule has 0 spiro atoms. The number of thioether (sulfide) groups is 1. The molecule has 2 rings (SSSR count). The largest absolute Gasteiger partial charge is 0.321 e. The second-order valence-corrected chi connectivity index (χ2v) is 5.21. The fraction of sp³-hybridized carbons (Fsp3) is 0.400. The van der Waals surface area contributed by atoms with Crippen LogP contribution in [-0.4, -0.2) is 6.26 Å². The monoisotopic (exact) mass is 257 g/mol. The van der Waals surface area contributed by atoms with Crippen molar-refractivity contribution in [2.24, 2.45) is 5.73 Å². The van der Waals surface area contributed by atoms with Gasteiger partial charge in [-0.05, 0) is 52.7 Å². The number of nitrogens with two attached hydrogens (primary N) is 1. The van der Waals surface area contributed by atoms with E-state index in [9.17, 15) is 0 Å². The van der Waals surface area contributed by atoms with Gasteiger partial charge in [0.25, 0.3) is 0 Å². The molecule has 1 saturated carbocycles. The van der Waals surface area contributed by atoms with Crippen molar-refractivity contribution < 1.29 is 0 Å². The van der Waals surface area contributed by atoms with E-state index in [1.165, 1.54) is 10.5 Å². The SMILES string of the molecule is CSc1ccc(C2(N)CC2)cc1Br. The maximum Gasteiger partial charge on any atom is 0.0411 e. The van der Waals surface area contributed by atoms with Gasteiger partial charge in [0, 0.05) is 14.9 Å². The minimum Gasteiger partial charge on any atom is -0.321 e. The van der Waals surface area contributed by atoms with Gasteiger partial charge in [-0.1, -0.05) is 6.07 Å². The zero-order chi connectivity index (χ0) is 9.47. The highest BCUT2D eigenvalue weighted by atomic mass is 79.9. The van der Waals surface area contributed by atoms with Crippen LogP contribution in [0.5, 0.6) is 0 Å². The maximum atomic E-state index is 6.10. The zero-order valence-electron chi connectivity index (χ0n) is 7.51.